The minimum atomic E-state index is -3.58. The topological polar surface area (TPSA) is 104 Å². The van der Waals surface area contributed by atoms with Crippen LogP contribution < -0.4 is 10.9 Å². The molecule has 0 aromatic carbocycles. The minimum Gasteiger partial charge on any atom is -0.346 e. The number of hydrogen-bond acceptors (Lipinski definition) is 4. The summed E-state index contributed by atoms with van der Waals surface area (Å²) >= 11 is 0. The van der Waals surface area contributed by atoms with Gasteiger partial charge in [-0.3, -0.25) is 9.59 Å². The smallest absolute Gasteiger partial charge is 0.268 e. The summed E-state index contributed by atoms with van der Waals surface area (Å²) in [6, 6.07) is 3.22. The first-order valence-corrected chi connectivity index (χ1v) is 10.3. The Kier molecular flexibility index (Phi) is 5.25. The molecule has 9 heteroatoms. The molecule has 0 aliphatic carbocycles. The number of aryl methyl sites for hydroxylation is 3. The first kappa shape index (κ1) is 19.4. The van der Waals surface area contributed by atoms with Gasteiger partial charge in [-0.05, 0) is 44.4 Å². The van der Waals surface area contributed by atoms with Crippen LogP contribution in [0.1, 0.15) is 40.2 Å². The maximum Gasteiger partial charge on any atom is 0.268 e. The molecule has 1 aliphatic heterocycles. The second-order valence-electron chi connectivity index (χ2n) is 6.91. The minimum absolute atomic E-state index is 0.0691. The molecular formula is C18H24N4O4S. The van der Waals surface area contributed by atoms with E-state index < -0.39 is 15.9 Å². The number of carbonyl (C=O) groups excluding carboxylic acids is 1. The van der Waals surface area contributed by atoms with Gasteiger partial charge in [0.2, 0.25) is 10.0 Å². The zero-order chi connectivity index (χ0) is 19.8. The molecule has 3 heterocycles. The fourth-order valence-electron chi connectivity index (χ4n) is 3.34. The van der Waals surface area contributed by atoms with E-state index in [1.807, 2.05) is 13.0 Å². The second-order valence-corrected chi connectivity index (χ2v) is 8.85. The summed E-state index contributed by atoms with van der Waals surface area (Å²) in [6.45, 7) is 4.69. The fraction of sp³-hybridized carbons (Fsp3) is 0.444. The van der Waals surface area contributed by atoms with Crippen molar-refractivity contribution in [1.82, 2.24) is 19.2 Å². The molecule has 2 N–H and O–H groups in total. The molecule has 0 bridgehead atoms. The Morgan fingerprint density at radius 2 is 1.89 bits per heavy atom. The highest BCUT2D eigenvalue weighted by molar-refractivity contribution is 7.89. The summed E-state index contributed by atoms with van der Waals surface area (Å²) in [5.74, 6) is -0.431. The fourth-order valence-corrected chi connectivity index (χ4v) is 4.93. The number of rotatable bonds is 5. The average Bonchev–Trinajstić information content (AvgIpc) is 3.23. The Bertz CT molecular complexity index is 1030. The van der Waals surface area contributed by atoms with Crippen LogP contribution in [0.3, 0.4) is 0 Å². The quantitative estimate of drug-likeness (QED) is 0.793. The molecule has 8 nitrogen and oxygen atoms in total. The number of hydrogen-bond donors (Lipinski definition) is 2. The van der Waals surface area contributed by atoms with Crippen LogP contribution in [0, 0.1) is 13.8 Å². The maximum atomic E-state index is 12.7. The molecule has 1 saturated heterocycles. The van der Waals surface area contributed by atoms with Crippen LogP contribution >= 0.6 is 0 Å². The van der Waals surface area contributed by atoms with Gasteiger partial charge in [0.1, 0.15) is 10.6 Å². The van der Waals surface area contributed by atoms with Crippen molar-refractivity contribution in [3.8, 4) is 0 Å². The van der Waals surface area contributed by atoms with E-state index in [0.717, 1.165) is 24.1 Å². The van der Waals surface area contributed by atoms with Crippen LogP contribution in [0.5, 0.6) is 0 Å². The van der Waals surface area contributed by atoms with Gasteiger partial charge in [0.25, 0.3) is 11.5 Å². The van der Waals surface area contributed by atoms with E-state index in [1.54, 1.807) is 14.0 Å². The average molecular weight is 392 g/mol. The number of aromatic nitrogens is 2. The maximum absolute atomic E-state index is 12.7. The van der Waals surface area contributed by atoms with Crippen molar-refractivity contribution in [3.63, 3.8) is 0 Å². The lowest BCUT2D eigenvalue weighted by molar-refractivity contribution is 0.0942. The number of aromatic amines is 1. The van der Waals surface area contributed by atoms with Crippen LogP contribution in [0.25, 0.3) is 0 Å². The SMILES string of the molecule is Cc1cc(C)c(CNC(=O)c2cc(S(=O)(=O)N3CCCC3)cn2C)c(=O)[nH]1. The number of carbonyl (C=O) groups is 1. The number of nitrogens with zero attached hydrogens (tertiary/aromatic N) is 2. The van der Waals surface area contributed by atoms with E-state index in [4.69, 9.17) is 0 Å². The van der Waals surface area contributed by atoms with Crippen LogP contribution in [0.2, 0.25) is 0 Å². The lowest BCUT2D eigenvalue weighted by Crippen LogP contribution is -2.29. The summed E-state index contributed by atoms with van der Waals surface area (Å²) in [5.41, 5.74) is 2.02. The van der Waals surface area contributed by atoms with Crippen molar-refractivity contribution in [2.75, 3.05) is 13.1 Å². The van der Waals surface area contributed by atoms with E-state index in [2.05, 4.69) is 10.3 Å². The monoisotopic (exact) mass is 392 g/mol. The van der Waals surface area contributed by atoms with Crippen LogP contribution in [0.15, 0.2) is 28.0 Å². The van der Waals surface area contributed by atoms with Gasteiger partial charge in [-0.1, -0.05) is 0 Å². The zero-order valence-corrected chi connectivity index (χ0v) is 16.5. The molecule has 0 unspecified atom stereocenters. The van der Waals surface area contributed by atoms with Crippen molar-refractivity contribution in [1.29, 1.82) is 0 Å². The molecule has 146 valence electrons. The second kappa shape index (κ2) is 7.32. The van der Waals surface area contributed by atoms with Crippen molar-refractivity contribution >= 4 is 15.9 Å². The normalized spacial score (nSPS) is 15.2. The Hall–Kier alpha value is -2.39. The van der Waals surface area contributed by atoms with Gasteiger partial charge in [-0.25, -0.2) is 8.42 Å². The third kappa shape index (κ3) is 3.84. The Balaban J connectivity index is 1.78. The molecule has 2 aromatic heterocycles. The molecular weight excluding hydrogens is 368 g/mol. The highest BCUT2D eigenvalue weighted by atomic mass is 32.2. The Labute approximate surface area is 158 Å². The third-order valence-corrected chi connectivity index (χ3v) is 6.70. The largest absolute Gasteiger partial charge is 0.346 e. The van der Waals surface area contributed by atoms with Gasteiger partial charge in [0, 0.05) is 44.1 Å². The summed E-state index contributed by atoms with van der Waals surface area (Å²) in [6.07, 6.45) is 3.15. The van der Waals surface area contributed by atoms with Gasteiger partial charge < -0.3 is 14.9 Å². The molecule has 1 aliphatic rings. The Morgan fingerprint density at radius 1 is 1.22 bits per heavy atom. The van der Waals surface area contributed by atoms with Gasteiger partial charge in [0.15, 0.2) is 0 Å². The van der Waals surface area contributed by atoms with Gasteiger partial charge >= 0.3 is 0 Å². The van der Waals surface area contributed by atoms with Crippen LogP contribution in [-0.4, -0.2) is 41.3 Å². The summed E-state index contributed by atoms with van der Waals surface area (Å²) in [7, 11) is -1.95. The van der Waals surface area contributed by atoms with Crippen LogP contribution in [0.4, 0.5) is 0 Å². The summed E-state index contributed by atoms with van der Waals surface area (Å²) < 4.78 is 28.3. The molecule has 1 amide bonds. The van der Waals surface area contributed by atoms with Crippen molar-refractivity contribution in [2.45, 2.75) is 38.1 Å². The van der Waals surface area contributed by atoms with E-state index in [9.17, 15) is 18.0 Å². The van der Waals surface area contributed by atoms with Gasteiger partial charge in [-0.2, -0.15) is 4.31 Å². The highest BCUT2D eigenvalue weighted by Crippen LogP contribution is 2.22. The molecule has 1 fully saturated rings. The van der Waals surface area contributed by atoms with E-state index >= 15 is 0 Å². The number of pyridine rings is 1. The van der Waals surface area contributed by atoms with E-state index in [1.165, 1.54) is 21.1 Å². The molecule has 3 rings (SSSR count). The Morgan fingerprint density at radius 3 is 2.52 bits per heavy atom. The lowest BCUT2D eigenvalue weighted by Gasteiger charge is -2.13. The van der Waals surface area contributed by atoms with E-state index in [0.29, 0.717) is 18.7 Å². The number of amides is 1. The summed E-state index contributed by atoms with van der Waals surface area (Å²) in [5, 5.41) is 2.70. The molecule has 0 spiro atoms. The molecule has 0 saturated carbocycles. The van der Waals surface area contributed by atoms with Crippen molar-refractivity contribution < 1.29 is 13.2 Å². The molecule has 0 atom stereocenters. The molecule has 2 aromatic rings. The standard InChI is InChI=1S/C18H24N4O4S/c1-12-8-13(2)20-17(23)15(12)10-19-18(24)16-9-14(11-21(16)3)27(25,26)22-6-4-5-7-22/h8-9,11H,4-7,10H2,1-3H3,(H,19,24)(H,20,23). The van der Waals surface area contributed by atoms with Gasteiger partial charge in [-0.15, -0.1) is 0 Å². The summed E-state index contributed by atoms with van der Waals surface area (Å²) in [4.78, 5) is 27.4. The predicted octanol–water partition coefficient (Wildman–Crippen LogP) is 1.04. The number of sulfonamides is 1. The van der Waals surface area contributed by atoms with Crippen molar-refractivity contribution in [2.24, 2.45) is 7.05 Å². The zero-order valence-electron chi connectivity index (χ0n) is 15.7. The van der Waals surface area contributed by atoms with Crippen LogP contribution in [-0.2, 0) is 23.6 Å². The van der Waals surface area contributed by atoms with Gasteiger partial charge in [0.05, 0.1) is 0 Å². The number of nitrogens with one attached hydrogen (secondary N) is 2. The van der Waals surface area contributed by atoms with E-state index in [-0.39, 0.29) is 22.7 Å². The molecule has 27 heavy (non-hydrogen) atoms. The lowest BCUT2D eigenvalue weighted by atomic mass is 10.1. The first-order valence-electron chi connectivity index (χ1n) is 8.84. The first-order chi connectivity index (χ1) is 12.7. The third-order valence-electron chi connectivity index (χ3n) is 4.83. The molecule has 0 radical (unpaired) electrons. The highest BCUT2D eigenvalue weighted by Gasteiger charge is 2.29. The number of H-pyrrole nitrogens is 1. The predicted molar refractivity (Wildman–Crippen MR) is 101 cm³/mol. The van der Waals surface area contributed by atoms with Crippen molar-refractivity contribution in [3.05, 3.63) is 51.2 Å².